The largest absolute Gasteiger partial charge is 0.508 e. The van der Waals surface area contributed by atoms with E-state index in [0.717, 1.165) is 53.2 Å². The number of ether oxygens (including phenoxy) is 2. The van der Waals surface area contributed by atoms with Crippen molar-refractivity contribution in [2.45, 2.75) is 32.5 Å². The standard InChI is InChI=1S/C28H29NO3/c1-3-15-29-17-24(18-29)31-23-12-9-21(10-13-23)28-27(20-7-5-4-6-8-20)19(2)25-14-11-22(30)16-26(25)32-28/h4-14,16,24,28,30H,3,15,17-18H2,1-2H3/t28-/m1/s1. The van der Waals surface area contributed by atoms with E-state index in [0.29, 0.717) is 5.75 Å². The minimum atomic E-state index is -0.260. The Morgan fingerprint density at radius 2 is 1.75 bits per heavy atom. The van der Waals surface area contributed by atoms with E-state index < -0.39 is 0 Å². The van der Waals surface area contributed by atoms with Gasteiger partial charge in [0.25, 0.3) is 0 Å². The summed E-state index contributed by atoms with van der Waals surface area (Å²) in [5.74, 6) is 1.81. The van der Waals surface area contributed by atoms with Crippen LogP contribution >= 0.6 is 0 Å². The number of nitrogens with zero attached hydrogens (tertiary/aromatic N) is 1. The lowest BCUT2D eigenvalue weighted by molar-refractivity contribution is 0.0202. The number of hydrogen-bond donors (Lipinski definition) is 1. The Labute approximate surface area is 189 Å². The van der Waals surface area contributed by atoms with Crippen LogP contribution in [-0.4, -0.2) is 35.7 Å². The summed E-state index contributed by atoms with van der Waals surface area (Å²) in [6.07, 6.45) is 1.19. The summed E-state index contributed by atoms with van der Waals surface area (Å²) in [4.78, 5) is 2.42. The second kappa shape index (κ2) is 8.71. The Bertz CT molecular complexity index is 1120. The van der Waals surface area contributed by atoms with Gasteiger partial charge in [-0.25, -0.2) is 0 Å². The molecule has 1 saturated heterocycles. The van der Waals surface area contributed by atoms with E-state index >= 15 is 0 Å². The summed E-state index contributed by atoms with van der Waals surface area (Å²) >= 11 is 0. The summed E-state index contributed by atoms with van der Waals surface area (Å²) in [5, 5.41) is 10.00. The number of likely N-dealkylation sites (tertiary alicyclic amines) is 1. The Morgan fingerprint density at radius 1 is 1.00 bits per heavy atom. The zero-order chi connectivity index (χ0) is 22.1. The first-order valence-corrected chi connectivity index (χ1v) is 11.4. The van der Waals surface area contributed by atoms with Gasteiger partial charge in [0, 0.05) is 30.3 Å². The Balaban J connectivity index is 1.43. The third kappa shape index (κ3) is 3.98. The van der Waals surface area contributed by atoms with E-state index in [4.69, 9.17) is 9.47 Å². The molecule has 2 aliphatic heterocycles. The Hall–Kier alpha value is -3.24. The van der Waals surface area contributed by atoms with Gasteiger partial charge in [0.05, 0.1) is 0 Å². The van der Waals surface area contributed by atoms with E-state index in [1.807, 2.05) is 24.3 Å². The van der Waals surface area contributed by atoms with Gasteiger partial charge in [-0.15, -0.1) is 0 Å². The summed E-state index contributed by atoms with van der Waals surface area (Å²) in [6.45, 7) is 7.48. The van der Waals surface area contributed by atoms with E-state index in [2.05, 4.69) is 55.1 Å². The van der Waals surface area contributed by atoms with Crippen molar-refractivity contribution in [2.24, 2.45) is 0 Å². The molecule has 0 spiro atoms. The fourth-order valence-corrected chi connectivity index (χ4v) is 4.68. The summed E-state index contributed by atoms with van der Waals surface area (Å²) in [5.41, 5.74) is 5.52. The van der Waals surface area contributed by atoms with Crippen LogP contribution in [0, 0.1) is 0 Å². The van der Waals surface area contributed by atoms with Gasteiger partial charge >= 0.3 is 0 Å². The molecule has 1 N–H and O–H groups in total. The molecule has 164 valence electrons. The minimum absolute atomic E-state index is 0.208. The zero-order valence-corrected chi connectivity index (χ0v) is 18.6. The van der Waals surface area contributed by atoms with Crippen LogP contribution in [0.5, 0.6) is 17.2 Å². The van der Waals surface area contributed by atoms with Gasteiger partial charge in [-0.1, -0.05) is 49.4 Å². The molecule has 5 rings (SSSR count). The van der Waals surface area contributed by atoms with Crippen molar-refractivity contribution >= 4 is 11.1 Å². The Kier molecular flexibility index (Phi) is 5.62. The van der Waals surface area contributed by atoms with Crippen LogP contribution in [0.25, 0.3) is 11.1 Å². The molecule has 32 heavy (non-hydrogen) atoms. The zero-order valence-electron chi connectivity index (χ0n) is 18.6. The third-order valence-electron chi connectivity index (χ3n) is 6.31. The maximum atomic E-state index is 10.00. The number of aromatic hydroxyl groups is 1. The predicted octanol–water partition coefficient (Wildman–Crippen LogP) is 5.93. The molecule has 1 atom stereocenters. The van der Waals surface area contributed by atoms with Crippen molar-refractivity contribution in [3.63, 3.8) is 0 Å². The third-order valence-corrected chi connectivity index (χ3v) is 6.31. The van der Waals surface area contributed by atoms with Crippen LogP contribution < -0.4 is 9.47 Å². The molecule has 1 fully saturated rings. The van der Waals surface area contributed by atoms with Crippen LogP contribution in [0.2, 0.25) is 0 Å². The van der Waals surface area contributed by atoms with Crippen LogP contribution in [0.15, 0.2) is 72.8 Å². The van der Waals surface area contributed by atoms with Crippen LogP contribution in [0.1, 0.15) is 43.1 Å². The molecule has 0 aliphatic carbocycles. The number of benzene rings is 3. The Morgan fingerprint density at radius 3 is 2.47 bits per heavy atom. The second-order valence-corrected chi connectivity index (χ2v) is 8.65. The average molecular weight is 428 g/mol. The smallest absolute Gasteiger partial charge is 0.150 e. The maximum Gasteiger partial charge on any atom is 0.150 e. The number of phenols is 1. The number of rotatable bonds is 6. The minimum Gasteiger partial charge on any atom is -0.508 e. The molecular formula is C28H29NO3. The highest BCUT2D eigenvalue weighted by Gasteiger charge is 2.30. The summed E-state index contributed by atoms with van der Waals surface area (Å²) in [6, 6.07) is 24.0. The predicted molar refractivity (Wildman–Crippen MR) is 128 cm³/mol. The van der Waals surface area contributed by atoms with E-state index in [1.54, 1.807) is 12.1 Å². The molecule has 4 nitrogen and oxygen atoms in total. The van der Waals surface area contributed by atoms with E-state index in [9.17, 15) is 5.11 Å². The molecule has 2 aliphatic rings. The van der Waals surface area contributed by atoms with Gasteiger partial charge in [-0.2, -0.15) is 0 Å². The highest BCUT2D eigenvalue weighted by Crippen LogP contribution is 2.47. The maximum absolute atomic E-state index is 10.00. The monoisotopic (exact) mass is 427 g/mol. The van der Waals surface area contributed by atoms with Crippen LogP contribution in [-0.2, 0) is 0 Å². The lowest BCUT2D eigenvalue weighted by Crippen LogP contribution is -2.53. The number of hydrogen-bond acceptors (Lipinski definition) is 4. The van der Waals surface area contributed by atoms with Crippen LogP contribution in [0.3, 0.4) is 0 Å². The molecule has 0 amide bonds. The summed E-state index contributed by atoms with van der Waals surface area (Å²) < 4.78 is 12.6. The molecule has 0 saturated carbocycles. The topological polar surface area (TPSA) is 41.9 Å². The molecular weight excluding hydrogens is 398 g/mol. The van der Waals surface area contributed by atoms with Gasteiger partial charge in [-0.3, -0.25) is 4.90 Å². The van der Waals surface area contributed by atoms with Crippen LogP contribution in [0.4, 0.5) is 0 Å². The number of allylic oxidation sites excluding steroid dienone is 1. The first-order valence-electron chi connectivity index (χ1n) is 11.4. The first kappa shape index (κ1) is 20.7. The van der Waals surface area contributed by atoms with Crippen molar-refractivity contribution in [1.82, 2.24) is 4.90 Å². The lowest BCUT2D eigenvalue weighted by Gasteiger charge is -2.38. The average Bonchev–Trinajstić information content (AvgIpc) is 2.78. The molecule has 2 heterocycles. The SMILES string of the molecule is CCCN1CC(Oc2ccc([C@H]3Oc4cc(O)ccc4C(C)=C3c3ccccc3)cc2)C1. The van der Waals surface area contributed by atoms with Gasteiger partial charge in [0.1, 0.15) is 29.5 Å². The molecule has 0 radical (unpaired) electrons. The first-order chi connectivity index (χ1) is 15.6. The molecule has 0 aromatic heterocycles. The molecule has 0 unspecified atom stereocenters. The number of phenolic OH excluding ortho intramolecular Hbond substituents is 1. The fraction of sp³-hybridized carbons (Fsp3) is 0.286. The second-order valence-electron chi connectivity index (χ2n) is 8.65. The van der Waals surface area contributed by atoms with Gasteiger partial charge in [0.2, 0.25) is 0 Å². The quantitative estimate of drug-likeness (QED) is 0.529. The van der Waals surface area contributed by atoms with Gasteiger partial charge in [0.15, 0.2) is 0 Å². The highest BCUT2D eigenvalue weighted by molar-refractivity contribution is 5.95. The number of fused-ring (bicyclic) bond motifs is 1. The van der Waals surface area contributed by atoms with E-state index in [1.165, 1.54) is 6.42 Å². The van der Waals surface area contributed by atoms with Gasteiger partial charge < -0.3 is 14.6 Å². The van der Waals surface area contributed by atoms with Gasteiger partial charge in [-0.05, 0) is 60.9 Å². The summed E-state index contributed by atoms with van der Waals surface area (Å²) in [7, 11) is 0. The van der Waals surface area contributed by atoms with Crippen molar-refractivity contribution in [3.05, 3.63) is 89.5 Å². The highest BCUT2D eigenvalue weighted by atomic mass is 16.5. The van der Waals surface area contributed by atoms with E-state index in [-0.39, 0.29) is 18.0 Å². The van der Waals surface area contributed by atoms with Crippen molar-refractivity contribution in [3.8, 4) is 17.2 Å². The molecule has 3 aromatic rings. The van der Waals surface area contributed by atoms with Crippen molar-refractivity contribution < 1.29 is 14.6 Å². The van der Waals surface area contributed by atoms with Crippen molar-refractivity contribution in [2.75, 3.05) is 19.6 Å². The molecule has 4 heteroatoms. The molecule has 3 aromatic carbocycles. The fourth-order valence-electron chi connectivity index (χ4n) is 4.68. The van der Waals surface area contributed by atoms with Crippen molar-refractivity contribution in [1.29, 1.82) is 0 Å². The normalized spacial score (nSPS) is 18.6. The molecule has 0 bridgehead atoms. The lowest BCUT2D eigenvalue weighted by atomic mass is 9.86.